The molecule has 8 aromatic carbocycles. The molecule has 54 heavy (non-hydrogen) atoms. The van der Waals surface area contributed by atoms with Crippen LogP contribution in [0.15, 0.2) is 205 Å². The predicted molar refractivity (Wildman–Crippen MR) is 223 cm³/mol. The number of rotatable bonds is 7. The molecule has 2 aromatic heterocycles. The molecular formula is C50H33N3O. The van der Waals surface area contributed by atoms with Crippen molar-refractivity contribution in [3.8, 4) is 44.9 Å². The van der Waals surface area contributed by atoms with Gasteiger partial charge in [0.1, 0.15) is 11.2 Å². The predicted octanol–water partition coefficient (Wildman–Crippen LogP) is 13.7. The highest BCUT2D eigenvalue weighted by Crippen LogP contribution is 2.44. The van der Waals surface area contributed by atoms with E-state index in [0.717, 1.165) is 72.3 Å². The molecule has 0 aliphatic heterocycles. The summed E-state index contributed by atoms with van der Waals surface area (Å²) in [5, 5.41) is 3.09. The van der Waals surface area contributed by atoms with E-state index in [0.29, 0.717) is 5.82 Å². The Morgan fingerprint density at radius 2 is 0.926 bits per heavy atom. The highest BCUT2D eigenvalue weighted by Gasteiger charge is 2.20. The average molecular weight is 692 g/mol. The van der Waals surface area contributed by atoms with E-state index in [4.69, 9.17) is 14.4 Å². The van der Waals surface area contributed by atoms with Crippen molar-refractivity contribution in [3.63, 3.8) is 0 Å². The Morgan fingerprint density at radius 1 is 0.370 bits per heavy atom. The van der Waals surface area contributed by atoms with Gasteiger partial charge in [-0.15, -0.1) is 0 Å². The second-order valence-electron chi connectivity index (χ2n) is 13.4. The largest absolute Gasteiger partial charge is 0.456 e. The van der Waals surface area contributed by atoms with Crippen molar-refractivity contribution < 1.29 is 4.42 Å². The first-order valence-corrected chi connectivity index (χ1v) is 18.2. The maximum Gasteiger partial charge on any atom is 0.160 e. The Hall–Kier alpha value is -7.30. The molecule has 10 rings (SSSR count). The summed E-state index contributed by atoms with van der Waals surface area (Å²) in [5.74, 6) is 0.687. The van der Waals surface area contributed by atoms with Crippen LogP contribution >= 0.6 is 0 Å². The molecule has 0 fully saturated rings. The molecule has 0 atom stereocenters. The normalized spacial score (nSPS) is 11.3. The molecule has 0 bridgehead atoms. The fourth-order valence-electron chi connectivity index (χ4n) is 7.45. The lowest BCUT2D eigenvalue weighted by Crippen LogP contribution is -2.10. The molecule has 0 unspecified atom stereocenters. The van der Waals surface area contributed by atoms with Gasteiger partial charge in [-0.05, 0) is 76.9 Å². The summed E-state index contributed by atoms with van der Waals surface area (Å²) in [6.45, 7) is 0. The maximum atomic E-state index is 6.67. The van der Waals surface area contributed by atoms with Crippen LogP contribution in [0.5, 0.6) is 0 Å². The summed E-state index contributed by atoms with van der Waals surface area (Å²) in [7, 11) is 0. The van der Waals surface area contributed by atoms with E-state index in [1.807, 2.05) is 24.3 Å². The van der Waals surface area contributed by atoms with Crippen molar-refractivity contribution in [2.24, 2.45) is 0 Å². The van der Waals surface area contributed by atoms with Crippen LogP contribution in [-0.2, 0) is 0 Å². The molecule has 0 saturated heterocycles. The average Bonchev–Trinajstić information content (AvgIpc) is 3.63. The lowest BCUT2D eigenvalue weighted by atomic mass is 10.0. The Labute approximate surface area is 313 Å². The first-order chi connectivity index (χ1) is 26.8. The van der Waals surface area contributed by atoms with E-state index < -0.39 is 0 Å². The monoisotopic (exact) mass is 691 g/mol. The second kappa shape index (κ2) is 13.4. The summed E-state index contributed by atoms with van der Waals surface area (Å²) < 4.78 is 6.67. The zero-order chi connectivity index (χ0) is 35.8. The lowest BCUT2D eigenvalue weighted by Gasteiger charge is -2.26. The fourth-order valence-corrected chi connectivity index (χ4v) is 7.45. The Kier molecular flexibility index (Phi) is 7.77. The molecule has 0 aliphatic rings. The van der Waals surface area contributed by atoms with Crippen LogP contribution in [0.4, 0.5) is 17.1 Å². The van der Waals surface area contributed by atoms with Gasteiger partial charge >= 0.3 is 0 Å². The van der Waals surface area contributed by atoms with Gasteiger partial charge < -0.3 is 9.32 Å². The highest BCUT2D eigenvalue weighted by molar-refractivity contribution is 6.14. The number of aromatic nitrogens is 2. The van der Waals surface area contributed by atoms with Gasteiger partial charge in [0.15, 0.2) is 5.82 Å². The van der Waals surface area contributed by atoms with Crippen LogP contribution < -0.4 is 4.90 Å². The number of furan rings is 1. The lowest BCUT2D eigenvalue weighted by molar-refractivity contribution is 0.669. The first-order valence-electron chi connectivity index (χ1n) is 18.2. The van der Waals surface area contributed by atoms with Crippen LogP contribution in [0.3, 0.4) is 0 Å². The standard InChI is InChI=1S/C50H33N3O/c1-4-13-34(14-5-1)36-23-25-38(26-24-36)50-51-44-20-11-10-19-42(44)49(52-50)39-29-32-43-47(33-39)54-46-22-12-21-45(48(43)46)53(40-17-8-3-9-18-40)41-30-27-37(28-31-41)35-15-6-2-7-16-35/h1-33H. The molecule has 2 heterocycles. The maximum absolute atomic E-state index is 6.67. The van der Waals surface area contributed by atoms with E-state index in [9.17, 15) is 0 Å². The Bertz CT molecular complexity index is 2900. The molecule has 0 aliphatic carbocycles. The van der Waals surface area contributed by atoms with Gasteiger partial charge in [0.25, 0.3) is 0 Å². The third kappa shape index (κ3) is 5.67. The Balaban J connectivity index is 1.08. The van der Waals surface area contributed by atoms with Crippen molar-refractivity contribution >= 4 is 49.9 Å². The summed E-state index contributed by atoms with van der Waals surface area (Å²) >= 11 is 0. The molecule has 0 N–H and O–H groups in total. The van der Waals surface area contributed by atoms with Crippen molar-refractivity contribution in [1.82, 2.24) is 9.97 Å². The number of anilines is 3. The summed E-state index contributed by atoms with van der Waals surface area (Å²) in [5.41, 5.74) is 13.2. The zero-order valence-corrected chi connectivity index (χ0v) is 29.3. The van der Waals surface area contributed by atoms with Gasteiger partial charge in [0, 0.05) is 33.3 Å². The quantitative estimate of drug-likeness (QED) is 0.167. The van der Waals surface area contributed by atoms with Crippen molar-refractivity contribution in [2.45, 2.75) is 0 Å². The fraction of sp³-hybridized carbons (Fsp3) is 0. The van der Waals surface area contributed by atoms with Gasteiger partial charge in [-0.1, -0.05) is 146 Å². The molecule has 254 valence electrons. The molecule has 10 aromatic rings. The number of fused-ring (bicyclic) bond motifs is 4. The molecule has 4 nitrogen and oxygen atoms in total. The van der Waals surface area contributed by atoms with E-state index >= 15 is 0 Å². The van der Waals surface area contributed by atoms with E-state index in [2.05, 4.69) is 181 Å². The van der Waals surface area contributed by atoms with Crippen molar-refractivity contribution in [2.75, 3.05) is 4.90 Å². The van der Waals surface area contributed by atoms with Crippen LogP contribution in [0.25, 0.3) is 77.7 Å². The third-order valence-corrected chi connectivity index (χ3v) is 10.1. The molecule has 0 amide bonds. The topological polar surface area (TPSA) is 42.2 Å². The van der Waals surface area contributed by atoms with Gasteiger partial charge in [0.05, 0.1) is 22.3 Å². The minimum Gasteiger partial charge on any atom is -0.456 e. The van der Waals surface area contributed by atoms with Gasteiger partial charge in [0.2, 0.25) is 0 Å². The van der Waals surface area contributed by atoms with E-state index in [1.165, 1.54) is 16.7 Å². The highest BCUT2D eigenvalue weighted by atomic mass is 16.3. The first kappa shape index (κ1) is 31.4. The van der Waals surface area contributed by atoms with E-state index in [1.54, 1.807) is 0 Å². The summed E-state index contributed by atoms with van der Waals surface area (Å²) in [6, 6.07) is 69.6. The van der Waals surface area contributed by atoms with Gasteiger partial charge in [-0.25, -0.2) is 9.97 Å². The van der Waals surface area contributed by atoms with Gasteiger partial charge in [-0.2, -0.15) is 0 Å². The number of para-hydroxylation sites is 2. The Morgan fingerprint density at radius 3 is 1.63 bits per heavy atom. The molecule has 0 spiro atoms. The number of hydrogen-bond donors (Lipinski definition) is 0. The third-order valence-electron chi connectivity index (χ3n) is 10.1. The minimum absolute atomic E-state index is 0.687. The van der Waals surface area contributed by atoms with Crippen LogP contribution in [0.2, 0.25) is 0 Å². The number of hydrogen-bond acceptors (Lipinski definition) is 4. The molecule has 0 saturated carbocycles. The smallest absolute Gasteiger partial charge is 0.160 e. The SMILES string of the molecule is c1ccc(-c2ccc(-c3nc(-c4ccc5c(c4)oc4cccc(N(c6ccccc6)c6ccc(-c7ccccc7)cc6)c45)c4ccccc4n3)cc2)cc1. The number of benzene rings is 8. The number of nitrogens with zero attached hydrogens (tertiary/aromatic N) is 3. The van der Waals surface area contributed by atoms with Crippen LogP contribution in [0, 0.1) is 0 Å². The zero-order valence-electron chi connectivity index (χ0n) is 29.3. The van der Waals surface area contributed by atoms with Crippen LogP contribution in [-0.4, -0.2) is 9.97 Å². The summed E-state index contributed by atoms with van der Waals surface area (Å²) in [4.78, 5) is 12.5. The molecule has 0 radical (unpaired) electrons. The molecule has 4 heteroatoms. The summed E-state index contributed by atoms with van der Waals surface area (Å²) in [6.07, 6.45) is 0. The minimum atomic E-state index is 0.687. The molecular weight excluding hydrogens is 659 g/mol. The second-order valence-corrected chi connectivity index (χ2v) is 13.4. The van der Waals surface area contributed by atoms with Crippen LogP contribution in [0.1, 0.15) is 0 Å². The van der Waals surface area contributed by atoms with Gasteiger partial charge in [-0.3, -0.25) is 0 Å². The van der Waals surface area contributed by atoms with E-state index in [-0.39, 0.29) is 0 Å². The van der Waals surface area contributed by atoms with Crippen molar-refractivity contribution in [1.29, 1.82) is 0 Å². The van der Waals surface area contributed by atoms with Crippen molar-refractivity contribution in [3.05, 3.63) is 200 Å².